The van der Waals surface area contributed by atoms with E-state index in [1.54, 1.807) is 0 Å². The van der Waals surface area contributed by atoms with Crippen LogP contribution in [0.3, 0.4) is 0 Å². The van der Waals surface area contributed by atoms with Crippen LogP contribution in [-0.4, -0.2) is 33.2 Å². The second-order valence-corrected chi connectivity index (χ2v) is 7.15. The first kappa shape index (κ1) is 16.5. The van der Waals surface area contributed by atoms with Crippen LogP contribution in [0.5, 0.6) is 5.75 Å². The Balaban J connectivity index is 2.52. The van der Waals surface area contributed by atoms with Crippen molar-refractivity contribution >= 4 is 15.7 Å². The molecule has 1 atom stereocenters. The van der Waals surface area contributed by atoms with E-state index in [4.69, 9.17) is 4.74 Å². The van der Waals surface area contributed by atoms with Crippen molar-refractivity contribution in [2.75, 3.05) is 12.9 Å². The Hall–Kier alpha value is -1.56. The zero-order valence-electron chi connectivity index (χ0n) is 12.2. The maximum atomic E-state index is 11.6. The lowest BCUT2D eigenvalue weighted by molar-refractivity contribution is -0.124. The molecule has 1 amide bonds. The summed E-state index contributed by atoms with van der Waals surface area (Å²) in [5, 5.41) is 2.83. The molecule has 1 rings (SSSR count). The Morgan fingerprint density at radius 3 is 2.20 bits per heavy atom. The third kappa shape index (κ3) is 5.21. The summed E-state index contributed by atoms with van der Waals surface area (Å²) in [6.07, 6.45) is 1.14. The monoisotopic (exact) mass is 299 g/mol. The summed E-state index contributed by atoms with van der Waals surface area (Å²) < 4.78 is 27.9. The molecule has 0 radical (unpaired) electrons. The van der Waals surface area contributed by atoms with E-state index >= 15 is 0 Å². The number of carbonyl (C=O) groups excluding carboxylic acids is 1. The zero-order valence-corrected chi connectivity index (χ0v) is 13.0. The highest BCUT2D eigenvalue weighted by Gasteiger charge is 2.11. The first-order valence-corrected chi connectivity index (χ1v) is 8.31. The smallest absolute Gasteiger partial charge is 0.258 e. The molecule has 0 saturated heterocycles. The minimum Gasteiger partial charge on any atom is -0.484 e. The quantitative estimate of drug-likeness (QED) is 0.866. The molecule has 112 valence electrons. The molecular formula is C14H21NO4S. The highest BCUT2D eigenvalue weighted by atomic mass is 32.2. The van der Waals surface area contributed by atoms with Crippen LogP contribution in [0.25, 0.3) is 0 Å². The number of amides is 1. The molecule has 5 nitrogen and oxygen atoms in total. The molecular weight excluding hydrogens is 278 g/mol. The van der Waals surface area contributed by atoms with E-state index < -0.39 is 9.84 Å². The maximum absolute atomic E-state index is 11.6. The number of ether oxygens (including phenoxy) is 1. The lowest BCUT2D eigenvalue weighted by Gasteiger charge is -2.17. The van der Waals surface area contributed by atoms with Gasteiger partial charge in [-0.3, -0.25) is 4.79 Å². The Morgan fingerprint density at radius 1 is 1.20 bits per heavy atom. The fourth-order valence-electron chi connectivity index (χ4n) is 1.39. The van der Waals surface area contributed by atoms with Crippen molar-refractivity contribution in [3.05, 3.63) is 24.3 Å². The topological polar surface area (TPSA) is 72.5 Å². The van der Waals surface area contributed by atoms with Crippen LogP contribution in [0.15, 0.2) is 29.2 Å². The summed E-state index contributed by atoms with van der Waals surface area (Å²) in [5.74, 6) is 0.621. The van der Waals surface area contributed by atoms with Crippen molar-refractivity contribution in [2.24, 2.45) is 5.92 Å². The van der Waals surface area contributed by atoms with Crippen molar-refractivity contribution in [3.63, 3.8) is 0 Å². The van der Waals surface area contributed by atoms with Crippen molar-refractivity contribution in [1.82, 2.24) is 5.32 Å². The SMILES string of the molecule is CC(C)C(C)NC(=O)COc1ccc(S(C)(=O)=O)cc1. The number of benzene rings is 1. The molecule has 0 aromatic heterocycles. The van der Waals surface area contributed by atoms with E-state index in [2.05, 4.69) is 5.32 Å². The molecule has 20 heavy (non-hydrogen) atoms. The lowest BCUT2D eigenvalue weighted by Crippen LogP contribution is -2.38. The standard InChI is InChI=1S/C14H21NO4S/c1-10(2)11(3)15-14(16)9-19-12-5-7-13(8-6-12)20(4,17)18/h5-8,10-11H,9H2,1-4H3,(H,15,16). The van der Waals surface area contributed by atoms with Crippen LogP contribution >= 0.6 is 0 Å². The average Bonchev–Trinajstić information content (AvgIpc) is 2.35. The average molecular weight is 299 g/mol. The first-order chi connectivity index (χ1) is 9.20. The second kappa shape index (κ2) is 6.74. The van der Waals surface area contributed by atoms with Gasteiger partial charge in [-0.2, -0.15) is 0 Å². The third-order valence-electron chi connectivity index (χ3n) is 3.01. The summed E-state index contributed by atoms with van der Waals surface area (Å²) in [7, 11) is -3.21. The van der Waals surface area contributed by atoms with E-state index in [9.17, 15) is 13.2 Å². The van der Waals surface area contributed by atoms with Crippen molar-refractivity contribution in [3.8, 4) is 5.75 Å². The maximum Gasteiger partial charge on any atom is 0.258 e. The van der Waals surface area contributed by atoms with Gasteiger partial charge < -0.3 is 10.1 Å². The summed E-state index contributed by atoms with van der Waals surface area (Å²) >= 11 is 0. The largest absolute Gasteiger partial charge is 0.484 e. The molecule has 1 unspecified atom stereocenters. The highest BCUT2D eigenvalue weighted by molar-refractivity contribution is 7.90. The molecule has 0 aliphatic rings. The summed E-state index contributed by atoms with van der Waals surface area (Å²) in [6, 6.07) is 6.07. The Kier molecular flexibility index (Phi) is 5.56. The van der Waals surface area contributed by atoms with Gasteiger partial charge in [0.15, 0.2) is 16.4 Å². The van der Waals surface area contributed by atoms with Crippen LogP contribution in [0.4, 0.5) is 0 Å². The molecule has 1 aromatic rings. The Morgan fingerprint density at radius 2 is 1.75 bits per heavy atom. The minimum absolute atomic E-state index is 0.0821. The highest BCUT2D eigenvalue weighted by Crippen LogP contribution is 2.15. The summed E-state index contributed by atoms with van der Waals surface area (Å²) in [6.45, 7) is 5.89. The second-order valence-electron chi connectivity index (χ2n) is 5.13. The molecule has 0 spiro atoms. The van der Waals surface area contributed by atoms with Crippen molar-refractivity contribution < 1.29 is 17.9 Å². The van der Waals surface area contributed by atoms with Gasteiger partial charge >= 0.3 is 0 Å². The minimum atomic E-state index is -3.21. The van der Waals surface area contributed by atoms with Gasteiger partial charge in [0.25, 0.3) is 5.91 Å². The van der Waals surface area contributed by atoms with Crippen LogP contribution in [0.2, 0.25) is 0 Å². The van der Waals surface area contributed by atoms with E-state index in [-0.39, 0.29) is 23.5 Å². The lowest BCUT2D eigenvalue weighted by atomic mass is 10.1. The van der Waals surface area contributed by atoms with Gasteiger partial charge in [-0.05, 0) is 37.1 Å². The fraction of sp³-hybridized carbons (Fsp3) is 0.500. The number of rotatable bonds is 6. The first-order valence-electron chi connectivity index (χ1n) is 6.42. The molecule has 0 saturated carbocycles. The zero-order chi connectivity index (χ0) is 15.3. The van der Waals surface area contributed by atoms with Crippen LogP contribution in [0.1, 0.15) is 20.8 Å². The van der Waals surface area contributed by atoms with Gasteiger partial charge in [0.05, 0.1) is 4.90 Å². The van der Waals surface area contributed by atoms with Gasteiger partial charge in [0, 0.05) is 12.3 Å². The van der Waals surface area contributed by atoms with E-state index in [0.29, 0.717) is 11.7 Å². The molecule has 0 aliphatic carbocycles. The molecule has 0 heterocycles. The van der Waals surface area contributed by atoms with Gasteiger partial charge in [-0.15, -0.1) is 0 Å². The molecule has 1 N–H and O–H groups in total. The van der Waals surface area contributed by atoms with Crippen molar-refractivity contribution in [1.29, 1.82) is 0 Å². The van der Waals surface area contributed by atoms with Gasteiger partial charge in [0.1, 0.15) is 5.75 Å². The summed E-state index contributed by atoms with van der Waals surface area (Å²) in [5.41, 5.74) is 0. The number of carbonyl (C=O) groups is 1. The number of sulfone groups is 1. The van der Waals surface area contributed by atoms with Gasteiger partial charge in [0.2, 0.25) is 0 Å². The van der Waals surface area contributed by atoms with Crippen LogP contribution in [0, 0.1) is 5.92 Å². The number of nitrogens with one attached hydrogen (secondary N) is 1. The number of hydrogen-bond donors (Lipinski definition) is 1. The molecule has 0 fully saturated rings. The molecule has 0 aliphatic heterocycles. The molecule has 0 bridgehead atoms. The predicted molar refractivity (Wildman–Crippen MR) is 77.5 cm³/mol. The summed E-state index contributed by atoms with van der Waals surface area (Å²) in [4.78, 5) is 11.9. The molecule has 6 heteroatoms. The van der Waals surface area contributed by atoms with Gasteiger partial charge in [-0.1, -0.05) is 13.8 Å². The van der Waals surface area contributed by atoms with Crippen molar-refractivity contribution in [2.45, 2.75) is 31.7 Å². The fourth-order valence-corrected chi connectivity index (χ4v) is 2.02. The third-order valence-corrected chi connectivity index (χ3v) is 4.14. The van der Waals surface area contributed by atoms with Gasteiger partial charge in [-0.25, -0.2) is 8.42 Å². The van der Waals surface area contributed by atoms with E-state index in [1.165, 1.54) is 24.3 Å². The Bertz CT molecular complexity index is 549. The Labute approximate surface area is 120 Å². The predicted octanol–water partition coefficient (Wildman–Crippen LogP) is 1.63. The molecule has 1 aromatic carbocycles. The van der Waals surface area contributed by atoms with E-state index in [1.807, 2.05) is 20.8 Å². The van der Waals surface area contributed by atoms with Crippen LogP contribution < -0.4 is 10.1 Å². The van der Waals surface area contributed by atoms with Crippen LogP contribution in [-0.2, 0) is 14.6 Å². The normalized spacial score (nSPS) is 13.1. The van der Waals surface area contributed by atoms with E-state index in [0.717, 1.165) is 6.26 Å². The number of hydrogen-bond acceptors (Lipinski definition) is 4.